The summed E-state index contributed by atoms with van der Waals surface area (Å²) in [6, 6.07) is 15.1. The van der Waals surface area contributed by atoms with E-state index in [1.807, 2.05) is 30.3 Å². The van der Waals surface area contributed by atoms with Crippen LogP contribution in [0.5, 0.6) is 11.5 Å². The Morgan fingerprint density at radius 1 is 1.23 bits per heavy atom. The van der Waals surface area contributed by atoms with E-state index in [9.17, 15) is 14.9 Å². The molecule has 0 radical (unpaired) electrons. The highest BCUT2D eigenvalue weighted by Crippen LogP contribution is 2.36. The molecule has 0 N–H and O–H groups in total. The van der Waals surface area contributed by atoms with E-state index in [1.54, 1.807) is 12.1 Å². The SMILES string of the molecule is COc1cc(/C=C2\N=C(c3ccc([N+](=O)[O-])cc3Cl)OC2=O)cc(I)c1OCc1ccccc1Br. The Hall–Kier alpha value is -2.96. The molecule has 178 valence electrons. The first-order valence-electron chi connectivity index (χ1n) is 9.97. The molecule has 0 saturated carbocycles. The van der Waals surface area contributed by atoms with Gasteiger partial charge in [-0.3, -0.25) is 10.1 Å². The number of esters is 1. The monoisotopic (exact) mass is 668 g/mol. The zero-order chi connectivity index (χ0) is 25.1. The van der Waals surface area contributed by atoms with Crippen LogP contribution in [-0.4, -0.2) is 23.9 Å². The number of nitro groups is 1. The fourth-order valence-electron chi connectivity index (χ4n) is 3.20. The largest absolute Gasteiger partial charge is 0.493 e. The van der Waals surface area contributed by atoms with Crippen LogP contribution in [0.25, 0.3) is 6.08 Å². The number of hydrogen-bond acceptors (Lipinski definition) is 7. The summed E-state index contributed by atoms with van der Waals surface area (Å²) in [6.45, 7) is 0.337. The van der Waals surface area contributed by atoms with Crippen LogP contribution in [0.15, 0.2) is 69.8 Å². The Kier molecular flexibility index (Phi) is 7.72. The van der Waals surface area contributed by atoms with Crippen LogP contribution in [0, 0.1) is 13.7 Å². The van der Waals surface area contributed by atoms with Crippen LogP contribution in [0.3, 0.4) is 0 Å². The minimum atomic E-state index is -0.669. The molecule has 0 fully saturated rings. The number of nitrogens with zero attached hydrogens (tertiary/aromatic N) is 2. The van der Waals surface area contributed by atoms with Gasteiger partial charge >= 0.3 is 5.97 Å². The summed E-state index contributed by atoms with van der Waals surface area (Å²) in [5, 5.41) is 11.0. The number of methoxy groups -OCH3 is 1. The molecule has 4 rings (SSSR count). The molecule has 1 aliphatic rings. The maximum atomic E-state index is 12.4. The number of benzene rings is 3. The summed E-state index contributed by atoms with van der Waals surface area (Å²) >= 11 is 11.8. The van der Waals surface area contributed by atoms with Crippen LogP contribution in [0.2, 0.25) is 5.02 Å². The van der Waals surface area contributed by atoms with Gasteiger partial charge in [-0.2, -0.15) is 0 Å². The predicted molar refractivity (Wildman–Crippen MR) is 143 cm³/mol. The van der Waals surface area contributed by atoms with E-state index in [1.165, 1.54) is 25.3 Å². The highest BCUT2D eigenvalue weighted by molar-refractivity contribution is 14.1. The van der Waals surface area contributed by atoms with Gasteiger partial charge in [-0.15, -0.1) is 0 Å². The standard InChI is InChI=1S/C24H15BrClIN2O6/c1-33-21-10-13(8-19(27)22(21)34-12-14-4-2-3-5-17(14)25)9-20-24(30)35-23(28-20)16-7-6-15(29(31)32)11-18(16)26/h2-11H,12H2,1H3/b20-9-. The van der Waals surface area contributed by atoms with E-state index in [0.29, 0.717) is 23.7 Å². The smallest absolute Gasteiger partial charge is 0.363 e. The topological polar surface area (TPSA) is 100 Å². The highest BCUT2D eigenvalue weighted by atomic mass is 127. The second-order valence-electron chi connectivity index (χ2n) is 7.17. The molecular weight excluding hydrogens is 655 g/mol. The van der Waals surface area contributed by atoms with E-state index in [2.05, 4.69) is 43.5 Å². The Labute approximate surface area is 227 Å². The summed E-state index contributed by atoms with van der Waals surface area (Å²) in [7, 11) is 1.53. The summed E-state index contributed by atoms with van der Waals surface area (Å²) in [4.78, 5) is 27.0. The maximum Gasteiger partial charge on any atom is 0.363 e. The third kappa shape index (κ3) is 5.65. The van der Waals surface area contributed by atoms with E-state index in [0.717, 1.165) is 13.6 Å². The molecular formula is C24H15BrClIN2O6. The number of halogens is 3. The van der Waals surface area contributed by atoms with Gasteiger partial charge in [0.2, 0.25) is 5.90 Å². The van der Waals surface area contributed by atoms with E-state index >= 15 is 0 Å². The molecule has 3 aromatic carbocycles. The molecule has 0 aromatic heterocycles. The number of nitro benzene ring substituents is 1. The summed E-state index contributed by atoms with van der Waals surface area (Å²) in [5.74, 6) is 0.362. The number of cyclic esters (lactones) is 1. The minimum Gasteiger partial charge on any atom is -0.493 e. The molecule has 11 heteroatoms. The Morgan fingerprint density at radius 2 is 2.00 bits per heavy atom. The number of ether oxygens (including phenoxy) is 3. The lowest BCUT2D eigenvalue weighted by molar-refractivity contribution is -0.384. The van der Waals surface area contributed by atoms with Gasteiger partial charge < -0.3 is 14.2 Å². The first-order valence-corrected chi connectivity index (χ1v) is 12.2. The van der Waals surface area contributed by atoms with Crippen molar-refractivity contribution in [1.29, 1.82) is 0 Å². The van der Waals surface area contributed by atoms with Crippen molar-refractivity contribution in [3.63, 3.8) is 0 Å². The van der Waals surface area contributed by atoms with Crippen molar-refractivity contribution < 1.29 is 23.9 Å². The molecule has 0 unspecified atom stereocenters. The van der Waals surface area contributed by atoms with Crippen LogP contribution >= 0.6 is 50.1 Å². The van der Waals surface area contributed by atoms with Gasteiger partial charge in [0.1, 0.15) is 6.61 Å². The van der Waals surface area contributed by atoms with Gasteiger partial charge in [0, 0.05) is 22.2 Å². The lowest BCUT2D eigenvalue weighted by atomic mass is 10.1. The Bertz CT molecular complexity index is 1410. The second kappa shape index (κ2) is 10.8. The zero-order valence-corrected chi connectivity index (χ0v) is 22.5. The Balaban J connectivity index is 1.61. The lowest BCUT2D eigenvalue weighted by Crippen LogP contribution is -2.06. The van der Waals surface area contributed by atoms with E-state index in [-0.39, 0.29) is 27.9 Å². The minimum absolute atomic E-state index is 0.0313. The number of carbonyl (C=O) groups is 1. The fraction of sp³-hybridized carbons (Fsp3) is 0.0833. The molecule has 35 heavy (non-hydrogen) atoms. The number of aliphatic imine (C=N–C) groups is 1. The van der Waals surface area contributed by atoms with Gasteiger partial charge in [-0.05, 0) is 58.5 Å². The fourth-order valence-corrected chi connectivity index (χ4v) is 4.64. The molecule has 8 nitrogen and oxygen atoms in total. The molecule has 0 atom stereocenters. The highest BCUT2D eigenvalue weighted by Gasteiger charge is 2.27. The summed E-state index contributed by atoms with van der Waals surface area (Å²) in [5.41, 5.74) is 1.78. The number of non-ortho nitro benzene ring substituents is 1. The van der Waals surface area contributed by atoms with Crippen molar-refractivity contribution >= 4 is 73.8 Å². The normalized spacial score (nSPS) is 14.0. The molecule has 0 spiro atoms. The molecule has 1 aliphatic heterocycles. The third-order valence-electron chi connectivity index (χ3n) is 4.90. The molecule has 0 aliphatic carbocycles. The number of hydrogen-bond donors (Lipinski definition) is 0. The summed E-state index contributed by atoms with van der Waals surface area (Å²) in [6.07, 6.45) is 1.55. The molecule has 0 amide bonds. The molecule has 0 saturated heterocycles. The van der Waals surface area contributed by atoms with Crippen LogP contribution in [0.4, 0.5) is 5.69 Å². The van der Waals surface area contributed by atoms with Gasteiger partial charge in [0.25, 0.3) is 5.69 Å². The molecule has 0 bridgehead atoms. The van der Waals surface area contributed by atoms with Crippen molar-refractivity contribution in [2.45, 2.75) is 6.61 Å². The van der Waals surface area contributed by atoms with Crippen molar-refractivity contribution in [2.75, 3.05) is 7.11 Å². The molecule has 1 heterocycles. The van der Waals surface area contributed by atoms with Crippen LogP contribution in [0.1, 0.15) is 16.7 Å². The first-order chi connectivity index (χ1) is 16.8. The average molecular weight is 670 g/mol. The van der Waals surface area contributed by atoms with Crippen LogP contribution < -0.4 is 9.47 Å². The van der Waals surface area contributed by atoms with Gasteiger partial charge in [0.15, 0.2) is 17.2 Å². The van der Waals surface area contributed by atoms with Gasteiger partial charge in [-0.1, -0.05) is 45.7 Å². The zero-order valence-electron chi connectivity index (χ0n) is 18.0. The maximum absolute atomic E-state index is 12.4. The second-order valence-corrected chi connectivity index (χ2v) is 9.60. The predicted octanol–water partition coefficient (Wildman–Crippen LogP) is 6.55. The summed E-state index contributed by atoms with van der Waals surface area (Å²) < 4.78 is 18.5. The number of carbonyl (C=O) groups excluding carboxylic acids is 1. The van der Waals surface area contributed by atoms with Crippen molar-refractivity contribution in [3.8, 4) is 11.5 Å². The van der Waals surface area contributed by atoms with Gasteiger partial charge in [0.05, 0.1) is 26.2 Å². The first kappa shape index (κ1) is 25.1. The quantitative estimate of drug-likeness (QED) is 0.0931. The average Bonchev–Trinajstić information content (AvgIpc) is 3.18. The van der Waals surface area contributed by atoms with Crippen molar-refractivity contribution in [3.05, 3.63) is 100 Å². The van der Waals surface area contributed by atoms with E-state index < -0.39 is 10.9 Å². The number of rotatable bonds is 7. The third-order valence-corrected chi connectivity index (χ3v) is 6.79. The van der Waals surface area contributed by atoms with Gasteiger partial charge in [-0.25, -0.2) is 9.79 Å². The van der Waals surface area contributed by atoms with Crippen molar-refractivity contribution in [1.82, 2.24) is 0 Å². The van der Waals surface area contributed by atoms with Crippen LogP contribution in [-0.2, 0) is 16.1 Å². The van der Waals surface area contributed by atoms with E-state index in [4.69, 9.17) is 25.8 Å². The lowest BCUT2D eigenvalue weighted by Gasteiger charge is -2.14. The molecule has 3 aromatic rings. The van der Waals surface area contributed by atoms with Crippen molar-refractivity contribution in [2.24, 2.45) is 4.99 Å². The Morgan fingerprint density at radius 3 is 2.69 bits per heavy atom.